The van der Waals surface area contributed by atoms with Crippen molar-refractivity contribution in [2.75, 3.05) is 31.5 Å². The first-order valence-electron chi connectivity index (χ1n) is 12.8. The molecule has 1 amide bonds. The largest absolute Gasteiger partial charge is 0.573 e. The maximum absolute atomic E-state index is 13.5. The van der Waals surface area contributed by atoms with E-state index in [1.807, 2.05) is 43.0 Å². The van der Waals surface area contributed by atoms with E-state index in [-0.39, 0.29) is 44.5 Å². The number of alkyl halides is 3. The lowest BCUT2D eigenvalue weighted by atomic mass is 10.0. The number of sulfonamides is 1. The maximum atomic E-state index is 13.5. The standard InChI is InChI=1S/C26H29F3N6O4S/c1-16(2)23-25(36)30-13-17-14-35(40(37,38)21-10-6-5-9-20(21)39-26(27,28)29)12-11-34(17)15-22-31-19-8-4-3-7-18(19)24(32-22)33-23/h3-10,16-17,23H,11-15H2,1-2H3,(H,30,36)(H,31,32,33)/t17?,23-/m0/s1. The van der Waals surface area contributed by atoms with E-state index in [0.29, 0.717) is 17.2 Å². The fourth-order valence-electron chi connectivity index (χ4n) is 4.99. The number of ether oxygens (including phenoxy) is 1. The third kappa shape index (κ3) is 5.83. The number of aromatic nitrogens is 2. The summed E-state index contributed by atoms with van der Waals surface area (Å²) in [5.41, 5.74) is 0.705. The number of hydrogen-bond donors (Lipinski definition) is 2. The maximum Gasteiger partial charge on any atom is 0.573 e. The topological polar surface area (TPSA) is 117 Å². The van der Waals surface area contributed by atoms with E-state index in [2.05, 4.69) is 15.4 Å². The van der Waals surface area contributed by atoms with Crippen LogP contribution in [0.15, 0.2) is 53.4 Å². The molecule has 214 valence electrons. The summed E-state index contributed by atoms with van der Waals surface area (Å²) in [6.07, 6.45) is -5.05. The van der Waals surface area contributed by atoms with E-state index in [0.717, 1.165) is 21.8 Å². The average Bonchev–Trinajstić information content (AvgIpc) is 2.91. The number of carbonyl (C=O) groups excluding carboxylic acids is 1. The molecule has 0 spiro atoms. The number of halogens is 3. The lowest BCUT2D eigenvalue weighted by Crippen LogP contribution is -2.58. The van der Waals surface area contributed by atoms with Gasteiger partial charge in [-0.1, -0.05) is 38.1 Å². The Hall–Kier alpha value is -3.49. The van der Waals surface area contributed by atoms with E-state index < -0.39 is 39.1 Å². The summed E-state index contributed by atoms with van der Waals surface area (Å²) in [7, 11) is -4.36. The van der Waals surface area contributed by atoms with Crippen LogP contribution in [0.2, 0.25) is 0 Å². The molecule has 3 heterocycles. The Morgan fingerprint density at radius 3 is 2.52 bits per heavy atom. The lowest BCUT2D eigenvalue weighted by molar-refractivity contribution is -0.275. The van der Waals surface area contributed by atoms with Gasteiger partial charge in [-0.05, 0) is 30.2 Å². The van der Waals surface area contributed by atoms with E-state index in [9.17, 15) is 26.4 Å². The first kappa shape index (κ1) is 28.1. The highest BCUT2D eigenvalue weighted by molar-refractivity contribution is 7.89. The van der Waals surface area contributed by atoms with Crippen LogP contribution in [0.5, 0.6) is 5.75 Å². The van der Waals surface area contributed by atoms with Crippen LogP contribution in [-0.4, -0.2) is 78.1 Å². The number of para-hydroxylation sites is 2. The summed E-state index contributed by atoms with van der Waals surface area (Å²) in [6.45, 7) is 4.41. The quantitative estimate of drug-likeness (QED) is 0.486. The zero-order valence-electron chi connectivity index (χ0n) is 21.9. The molecule has 2 aromatic carbocycles. The molecule has 2 aliphatic heterocycles. The Bertz CT molecular complexity index is 1520. The molecule has 1 aromatic heterocycles. The Labute approximate surface area is 229 Å². The zero-order chi connectivity index (χ0) is 28.7. The molecular formula is C26H29F3N6O4S. The number of fused-ring (bicyclic) bond motifs is 5. The second-order valence-corrected chi connectivity index (χ2v) is 12.0. The molecule has 3 aromatic rings. The number of hydrogen-bond acceptors (Lipinski definition) is 8. The van der Waals surface area contributed by atoms with Crippen molar-refractivity contribution in [3.8, 4) is 5.75 Å². The molecule has 2 aliphatic rings. The van der Waals surface area contributed by atoms with Gasteiger partial charge in [0.25, 0.3) is 0 Å². The van der Waals surface area contributed by atoms with Gasteiger partial charge in [-0.25, -0.2) is 18.4 Å². The molecule has 14 heteroatoms. The van der Waals surface area contributed by atoms with Crippen molar-refractivity contribution in [1.82, 2.24) is 24.5 Å². The molecule has 10 nitrogen and oxygen atoms in total. The van der Waals surface area contributed by atoms with Crippen molar-refractivity contribution < 1.29 is 31.1 Å². The third-order valence-electron chi connectivity index (χ3n) is 7.01. The highest BCUT2D eigenvalue weighted by Crippen LogP contribution is 2.32. The minimum Gasteiger partial charge on any atom is -0.404 e. The summed E-state index contributed by atoms with van der Waals surface area (Å²) in [5.74, 6) is -0.123. The summed E-state index contributed by atoms with van der Waals surface area (Å²) >= 11 is 0. The first-order valence-corrected chi connectivity index (χ1v) is 14.3. The van der Waals surface area contributed by atoms with Crippen molar-refractivity contribution in [2.45, 2.75) is 43.7 Å². The molecule has 0 radical (unpaired) electrons. The fourth-order valence-corrected chi connectivity index (χ4v) is 6.58. The number of benzene rings is 2. The van der Waals surface area contributed by atoms with Crippen LogP contribution in [-0.2, 0) is 21.4 Å². The summed E-state index contributed by atoms with van der Waals surface area (Å²) in [4.78, 5) is 24.1. The highest BCUT2D eigenvalue weighted by atomic mass is 32.2. The Morgan fingerprint density at radius 1 is 1.05 bits per heavy atom. The van der Waals surface area contributed by atoms with Gasteiger partial charge in [0.2, 0.25) is 15.9 Å². The molecule has 2 N–H and O–H groups in total. The Balaban J connectivity index is 1.48. The zero-order valence-corrected chi connectivity index (χ0v) is 22.7. The van der Waals surface area contributed by atoms with Crippen LogP contribution in [0.3, 0.4) is 0 Å². The normalized spacial score (nSPS) is 21.3. The van der Waals surface area contributed by atoms with Gasteiger partial charge in [0.15, 0.2) is 0 Å². The fraction of sp³-hybridized carbons (Fsp3) is 0.423. The van der Waals surface area contributed by atoms with Gasteiger partial charge in [0, 0.05) is 37.6 Å². The van der Waals surface area contributed by atoms with Crippen LogP contribution in [0.1, 0.15) is 19.7 Å². The van der Waals surface area contributed by atoms with E-state index in [4.69, 9.17) is 9.97 Å². The lowest BCUT2D eigenvalue weighted by Gasteiger charge is -2.40. The molecule has 1 saturated heterocycles. The van der Waals surface area contributed by atoms with Crippen molar-refractivity contribution in [3.05, 3.63) is 54.4 Å². The predicted molar refractivity (Wildman–Crippen MR) is 141 cm³/mol. The monoisotopic (exact) mass is 578 g/mol. The van der Waals surface area contributed by atoms with Crippen LogP contribution < -0.4 is 15.4 Å². The molecule has 0 saturated carbocycles. The molecular weight excluding hydrogens is 549 g/mol. The van der Waals surface area contributed by atoms with Crippen molar-refractivity contribution in [1.29, 1.82) is 0 Å². The minimum absolute atomic E-state index is 0.0143. The van der Waals surface area contributed by atoms with Crippen molar-refractivity contribution >= 4 is 32.7 Å². The molecule has 0 aliphatic carbocycles. The van der Waals surface area contributed by atoms with Crippen molar-refractivity contribution in [2.24, 2.45) is 5.92 Å². The number of nitrogens with zero attached hydrogens (tertiary/aromatic N) is 4. The summed E-state index contributed by atoms with van der Waals surface area (Å²) in [6, 6.07) is 11.0. The molecule has 2 atom stereocenters. The van der Waals surface area contributed by atoms with Crippen LogP contribution in [0, 0.1) is 5.92 Å². The molecule has 2 bridgehead atoms. The van der Waals surface area contributed by atoms with Crippen LogP contribution in [0.25, 0.3) is 10.9 Å². The molecule has 1 unspecified atom stereocenters. The van der Waals surface area contributed by atoms with Gasteiger partial charge in [-0.2, -0.15) is 4.31 Å². The second kappa shape index (κ2) is 10.8. The average molecular weight is 579 g/mol. The van der Waals surface area contributed by atoms with Gasteiger partial charge in [0.05, 0.1) is 12.1 Å². The molecule has 1 fully saturated rings. The molecule has 5 rings (SSSR count). The number of amides is 1. The number of rotatable bonds is 4. The third-order valence-corrected chi connectivity index (χ3v) is 8.91. The smallest absolute Gasteiger partial charge is 0.404 e. The summed E-state index contributed by atoms with van der Waals surface area (Å²) < 4.78 is 71.1. The number of nitrogens with one attached hydrogen (secondary N) is 2. The molecule has 40 heavy (non-hydrogen) atoms. The van der Waals surface area contributed by atoms with Crippen LogP contribution in [0.4, 0.5) is 19.0 Å². The van der Waals surface area contributed by atoms with Gasteiger partial charge in [-0.15, -0.1) is 13.2 Å². The van der Waals surface area contributed by atoms with Crippen LogP contribution >= 0.6 is 0 Å². The van der Waals surface area contributed by atoms with Gasteiger partial charge >= 0.3 is 6.36 Å². The number of carbonyl (C=O) groups is 1. The Kier molecular flexibility index (Phi) is 7.59. The van der Waals surface area contributed by atoms with E-state index in [1.54, 1.807) is 0 Å². The first-order chi connectivity index (χ1) is 18.9. The summed E-state index contributed by atoms with van der Waals surface area (Å²) in [5, 5.41) is 6.99. The van der Waals surface area contributed by atoms with Gasteiger partial charge in [0.1, 0.15) is 28.3 Å². The van der Waals surface area contributed by atoms with Gasteiger partial charge < -0.3 is 15.4 Å². The Morgan fingerprint density at radius 2 is 1.77 bits per heavy atom. The SMILES string of the molecule is CC(C)[C@@H]1Nc2nc(nc3ccccc23)CN2CCN(S(=O)(=O)c3ccccc3OC(F)(F)F)CC2CNC1=O. The number of piperazine rings is 1. The van der Waals surface area contributed by atoms with Crippen molar-refractivity contribution in [3.63, 3.8) is 0 Å². The highest BCUT2D eigenvalue weighted by Gasteiger charge is 2.39. The number of anilines is 1. The van der Waals surface area contributed by atoms with E-state index >= 15 is 0 Å². The van der Waals surface area contributed by atoms with E-state index in [1.165, 1.54) is 12.1 Å². The minimum atomic E-state index is -5.05. The predicted octanol–water partition coefficient (Wildman–Crippen LogP) is 2.97. The van der Waals surface area contributed by atoms with Gasteiger partial charge in [-0.3, -0.25) is 9.69 Å². The second-order valence-electron chi connectivity index (χ2n) is 10.1.